The minimum atomic E-state index is -0.0605. The summed E-state index contributed by atoms with van der Waals surface area (Å²) in [6.07, 6.45) is 0. The standard InChI is InChI=1S/C47H34N2/c1-47(2)42-23-12-11-20-39(42)41-22-13-21-36(45(41)47)32-26-24-31(25-27-32)35-28-29-40(38-19-10-9-18-37(35)38)44-30-43(33-14-5-3-6-15-33)48-46(49-44)34-16-7-4-8-17-34/h3-30H,1-2H3. The summed E-state index contributed by atoms with van der Waals surface area (Å²) in [5, 5.41) is 2.37. The summed E-state index contributed by atoms with van der Waals surface area (Å²) < 4.78 is 0. The fraction of sp³-hybridized carbons (Fsp3) is 0.0638. The van der Waals surface area contributed by atoms with Gasteiger partial charge in [0.25, 0.3) is 0 Å². The highest BCUT2D eigenvalue weighted by molar-refractivity contribution is 6.05. The molecule has 0 saturated heterocycles. The van der Waals surface area contributed by atoms with Gasteiger partial charge in [0.15, 0.2) is 5.82 Å². The molecule has 2 nitrogen and oxygen atoms in total. The predicted molar refractivity (Wildman–Crippen MR) is 204 cm³/mol. The van der Waals surface area contributed by atoms with Crippen molar-refractivity contribution in [1.82, 2.24) is 9.97 Å². The highest BCUT2D eigenvalue weighted by atomic mass is 14.9. The Morgan fingerprint density at radius 2 is 0.898 bits per heavy atom. The van der Waals surface area contributed by atoms with Gasteiger partial charge in [-0.3, -0.25) is 0 Å². The Bertz CT molecular complexity index is 2440. The van der Waals surface area contributed by atoms with Crippen LogP contribution in [0.1, 0.15) is 25.0 Å². The van der Waals surface area contributed by atoms with Crippen LogP contribution in [0.15, 0.2) is 170 Å². The van der Waals surface area contributed by atoms with E-state index in [2.05, 4.69) is 159 Å². The van der Waals surface area contributed by atoms with Crippen LogP contribution in [0.4, 0.5) is 0 Å². The molecule has 232 valence electrons. The monoisotopic (exact) mass is 626 g/mol. The van der Waals surface area contributed by atoms with Gasteiger partial charge in [-0.1, -0.05) is 178 Å². The summed E-state index contributed by atoms with van der Waals surface area (Å²) in [5.41, 5.74) is 15.4. The van der Waals surface area contributed by atoms with Gasteiger partial charge in [0, 0.05) is 22.1 Å². The first-order chi connectivity index (χ1) is 24.1. The first-order valence-corrected chi connectivity index (χ1v) is 16.9. The van der Waals surface area contributed by atoms with Crippen LogP contribution in [-0.4, -0.2) is 9.97 Å². The van der Waals surface area contributed by atoms with Gasteiger partial charge in [0.2, 0.25) is 0 Å². The lowest BCUT2D eigenvalue weighted by Gasteiger charge is -2.24. The molecule has 0 bridgehead atoms. The van der Waals surface area contributed by atoms with Gasteiger partial charge in [-0.25, -0.2) is 9.97 Å². The molecule has 0 aliphatic heterocycles. The number of hydrogen-bond donors (Lipinski definition) is 0. The normalized spacial score (nSPS) is 12.9. The van der Waals surface area contributed by atoms with Crippen LogP contribution >= 0.6 is 0 Å². The lowest BCUT2D eigenvalue weighted by atomic mass is 9.79. The number of aromatic nitrogens is 2. The van der Waals surface area contributed by atoms with Crippen molar-refractivity contribution >= 4 is 10.8 Å². The van der Waals surface area contributed by atoms with E-state index in [4.69, 9.17) is 9.97 Å². The molecular weight excluding hydrogens is 593 g/mol. The third-order valence-electron chi connectivity index (χ3n) is 10.1. The third-order valence-corrected chi connectivity index (χ3v) is 10.1. The number of benzene rings is 7. The molecule has 0 fully saturated rings. The Hall–Kier alpha value is -6.12. The molecule has 7 aromatic carbocycles. The Kier molecular flexibility index (Phi) is 6.84. The minimum absolute atomic E-state index is 0.0605. The summed E-state index contributed by atoms with van der Waals surface area (Å²) in [7, 11) is 0. The van der Waals surface area contributed by atoms with Crippen LogP contribution in [0.5, 0.6) is 0 Å². The van der Waals surface area contributed by atoms with Gasteiger partial charge < -0.3 is 0 Å². The van der Waals surface area contributed by atoms with Crippen LogP contribution in [0.25, 0.3) is 78.1 Å². The molecule has 0 atom stereocenters. The Morgan fingerprint density at radius 3 is 1.63 bits per heavy atom. The zero-order valence-electron chi connectivity index (χ0n) is 27.6. The third kappa shape index (κ3) is 4.88. The zero-order valence-corrected chi connectivity index (χ0v) is 27.6. The maximum Gasteiger partial charge on any atom is 0.160 e. The number of nitrogens with zero attached hydrogens (tertiary/aromatic N) is 2. The second kappa shape index (κ2) is 11.5. The topological polar surface area (TPSA) is 25.8 Å². The van der Waals surface area contributed by atoms with Crippen molar-refractivity contribution in [2.24, 2.45) is 0 Å². The van der Waals surface area contributed by atoms with Crippen molar-refractivity contribution in [2.45, 2.75) is 19.3 Å². The molecule has 0 radical (unpaired) electrons. The van der Waals surface area contributed by atoms with Crippen LogP contribution in [-0.2, 0) is 5.41 Å². The molecule has 1 aromatic heterocycles. The van der Waals surface area contributed by atoms with E-state index >= 15 is 0 Å². The maximum atomic E-state index is 5.14. The fourth-order valence-corrected chi connectivity index (χ4v) is 7.75. The van der Waals surface area contributed by atoms with E-state index in [1.165, 1.54) is 55.3 Å². The molecule has 0 spiro atoms. The quantitative estimate of drug-likeness (QED) is 0.190. The first kappa shape index (κ1) is 29.1. The molecule has 1 heterocycles. The van der Waals surface area contributed by atoms with Gasteiger partial charge in [-0.05, 0) is 61.3 Å². The highest BCUT2D eigenvalue weighted by Gasteiger charge is 2.37. The Balaban J connectivity index is 1.14. The molecule has 8 aromatic rings. The van der Waals surface area contributed by atoms with Crippen molar-refractivity contribution in [3.05, 3.63) is 181 Å². The van der Waals surface area contributed by atoms with Gasteiger partial charge in [-0.2, -0.15) is 0 Å². The number of rotatable bonds is 5. The second-order valence-corrected chi connectivity index (χ2v) is 13.4. The van der Waals surface area contributed by atoms with E-state index in [0.717, 1.165) is 33.9 Å². The van der Waals surface area contributed by atoms with Crippen LogP contribution in [0.3, 0.4) is 0 Å². The second-order valence-electron chi connectivity index (χ2n) is 13.4. The number of hydrogen-bond acceptors (Lipinski definition) is 2. The molecule has 0 saturated carbocycles. The molecule has 0 unspecified atom stereocenters. The average molecular weight is 627 g/mol. The SMILES string of the molecule is CC1(C)c2ccccc2-c2cccc(-c3ccc(-c4ccc(-c5cc(-c6ccccc6)nc(-c6ccccc6)n5)c5ccccc45)cc3)c21. The zero-order chi connectivity index (χ0) is 33.0. The summed E-state index contributed by atoms with van der Waals surface area (Å²) in [6.45, 7) is 4.71. The maximum absolute atomic E-state index is 5.14. The smallest absolute Gasteiger partial charge is 0.160 e. The van der Waals surface area contributed by atoms with Gasteiger partial charge in [0.05, 0.1) is 11.4 Å². The fourth-order valence-electron chi connectivity index (χ4n) is 7.75. The van der Waals surface area contributed by atoms with Gasteiger partial charge in [0.1, 0.15) is 0 Å². The van der Waals surface area contributed by atoms with E-state index in [9.17, 15) is 0 Å². The lowest BCUT2D eigenvalue weighted by Crippen LogP contribution is -2.16. The molecule has 2 heteroatoms. The van der Waals surface area contributed by atoms with Gasteiger partial charge >= 0.3 is 0 Å². The van der Waals surface area contributed by atoms with Crippen molar-refractivity contribution in [3.8, 4) is 67.3 Å². The Labute approximate surface area is 287 Å². The summed E-state index contributed by atoms with van der Waals surface area (Å²) >= 11 is 0. The van der Waals surface area contributed by atoms with E-state index in [0.29, 0.717) is 0 Å². The van der Waals surface area contributed by atoms with Crippen LogP contribution in [0, 0.1) is 0 Å². The van der Waals surface area contributed by atoms with Crippen LogP contribution in [0.2, 0.25) is 0 Å². The summed E-state index contributed by atoms with van der Waals surface area (Å²) in [4.78, 5) is 10.2. The largest absolute Gasteiger partial charge is 0.228 e. The molecular formula is C47H34N2. The lowest BCUT2D eigenvalue weighted by molar-refractivity contribution is 0.662. The Morgan fingerprint density at radius 1 is 0.367 bits per heavy atom. The van der Waals surface area contributed by atoms with E-state index in [-0.39, 0.29) is 5.41 Å². The summed E-state index contributed by atoms with van der Waals surface area (Å²) in [5.74, 6) is 0.722. The van der Waals surface area contributed by atoms with Crippen molar-refractivity contribution in [3.63, 3.8) is 0 Å². The van der Waals surface area contributed by atoms with Crippen molar-refractivity contribution in [2.75, 3.05) is 0 Å². The van der Waals surface area contributed by atoms with E-state index in [1.54, 1.807) is 0 Å². The van der Waals surface area contributed by atoms with E-state index in [1.807, 2.05) is 24.3 Å². The first-order valence-electron chi connectivity index (χ1n) is 16.9. The minimum Gasteiger partial charge on any atom is -0.228 e. The van der Waals surface area contributed by atoms with E-state index < -0.39 is 0 Å². The highest BCUT2D eigenvalue weighted by Crippen LogP contribution is 2.52. The number of fused-ring (bicyclic) bond motifs is 4. The molecule has 1 aliphatic carbocycles. The van der Waals surface area contributed by atoms with Crippen molar-refractivity contribution in [1.29, 1.82) is 0 Å². The predicted octanol–water partition coefficient (Wildman–Crippen LogP) is 12.3. The summed E-state index contributed by atoms with van der Waals surface area (Å²) in [6, 6.07) is 60.6. The van der Waals surface area contributed by atoms with Gasteiger partial charge in [-0.15, -0.1) is 0 Å². The van der Waals surface area contributed by atoms with Crippen molar-refractivity contribution < 1.29 is 0 Å². The molecule has 1 aliphatic rings. The molecule has 0 N–H and O–H groups in total. The van der Waals surface area contributed by atoms with Crippen LogP contribution < -0.4 is 0 Å². The average Bonchev–Trinajstić information content (AvgIpc) is 3.41. The molecule has 9 rings (SSSR count). The molecule has 49 heavy (non-hydrogen) atoms. The molecule has 0 amide bonds.